The molecule has 0 heterocycles. The smallest absolute Gasteiger partial charge is 0.123 e. The van der Waals surface area contributed by atoms with E-state index in [1.807, 2.05) is 6.92 Å². The largest absolute Gasteiger partial charge is 0.508 e. The summed E-state index contributed by atoms with van der Waals surface area (Å²) in [5, 5.41) is 9.39. The molecule has 1 rings (SSSR count). The van der Waals surface area contributed by atoms with Gasteiger partial charge >= 0.3 is 0 Å². The Hall–Kier alpha value is -0.800. The van der Waals surface area contributed by atoms with Crippen LogP contribution in [0, 0.1) is 5.82 Å². The van der Waals surface area contributed by atoms with E-state index in [4.69, 9.17) is 5.73 Å². The molecule has 0 aliphatic carbocycles. The second-order valence-electron chi connectivity index (χ2n) is 3.10. The van der Waals surface area contributed by atoms with Gasteiger partial charge < -0.3 is 10.8 Å². The van der Waals surface area contributed by atoms with Crippen LogP contribution in [0.4, 0.5) is 4.39 Å². The molecule has 0 aliphatic rings. The third-order valence-corrected chi connectivity index (χ3v) is 1.99. The molecular weight excluding hydrogens is 205 g/mol. The van der Waals surface area contributed by atoms with Crippen molar-refractivity contribution in [3.8, 4) is 5.75 Å². The highest BCUT2D eigenvalue weighted by atomic mass is 35.5. The second kappa shape index (κ2) is 5.83. The Labute approximate surface area is 89.3 Å². The lowest BCUT2D eigenvalue weighted by atomic mass is 10.0. The number of phenolic OH excluding ortho intramolecular Hbond substituents is 1. The van der Waals surface area contributed by atoms with Crippen LogP contribution < -0.4 is 5.73 Å². The van der Waals surface area contributed by atoms with Crippen molar-refractivity contribution >= 4 is 12.4 Å². The minimum Gasteiger partial charge on any atom is -0.508 e. The molecule has 0 bridgehead atoms. The first-order chi connectivity index (χ1) is 6.15. The fraction of sp³-hybridized carbons (Fsp3) is 0.400. The van der Waals surface area contributed by atoms with Crippen molar-refractivity contribution in [2.45, 2.75) is 25.8 Å². The predicted octanol–water partition coefficient (Wildman–Crippen LogP) is 2.75. The van der Waals surface area contributed by atoms with Gasteiger partial charge in [0, 0.05) is 11.6 Å². The molecule has 0 radical (unpaired) electrons. The first-order valence-electron chi connectivity index (χ1n) is 4.39. The summed E-state index contributed by atoms with van der Waals surface area (Å²) in [6.07, 6.45) is 1.66. The molecule has 0 spiro atoms. The second-order valence-corrected chi connectivity index (χ2v) is 3.10. The Balaban J connectivity index is 0.00000169. The monoisotopic (exact) mass is 219 g/mol. The zero-order chi connectivity index (χ0) is 9.84. The van der Waals surface area contributed by atoms with Crippen molar-refractivity contribution in [1.82, 2.24) is 0 Å². The van der Waals surface area contributed by atoms with Gasteiger partial charge in [-0.15, -0.1) is 12.4 Å². The Morgan fingerprint density at radius 1 is 1.50 bits per heavy atom. The van der Waals surface area contributed by atoms with E-state index in [0.717, 1.165) is 12.8 Å². The van der Waals surface area contributed by atoms with Gasteiger partial charge in [-0.25, -0.2) is 4.39 Å². The molecule has 1 aromatic rings. The SMILES string of the molecule is CCC[C@H](N)c1cc(F)ccc1O.Cl. The summed E-state index contributed by atoms with van der Waals surface area (Å²) >= 11 is 0. The van der Waals surface area contributed by atoms with Gasteiger partial charge in [0.15, 0.2) is 0 Å². The van der Waals surface area contributed by atoms with Crippen LogP contribution in [0.5, 0.6) is 5.75 Å². The molecular formula is C10H15ClFNO. The average molecular weight is 220 g/mol. The first kappa shape index (κ1) is 13.2. The van der Waals surface area contributed by atoms with Gasteiger partial charge in [0.2, 0.25) is 0 Å². The molecule has 3 N–H and O–H groups in total. The highest BCUT2D eigenvalue weighted by Crippen LogP contribution is 2.25. The van der Waals surface area contributed by atoms with Crippen LogP contribution in [0.15, 0.2) is 18.2 Å². The van der Waals surface area contributed by atoms with Crippen molar-refractivity contribution < 1.29 is 9.50 Å². The molecule has 4 heteroatoms. The third kappa shape index (κ3) is 3.16. The van der Waals surface area contributed by atoms with Crippen molar-refractivity contribution in [2.24, 2.45) is 5.73 Å². The highest BCUT2D eigenvalue weighted by molar-refractivity contribution is 5.85. The molecule has 0 unspecified atom stereocenters. The first-order valence-corrected chi connectivity index (χ1v) is 4.39. The van der Waals surface area contributed by atoms with Gasteiger partial charge in [-0.05, 0) is 24.6 Å². The van der Waals surface area contributed by atoms with E-state index >= 15 is 0 Å². The Morgan fingerprint density at radius 3 is 2.71 bits per heavy atom. The zero-order valence-electron chi connectivity index (χ0n) is 8.03. The fourth-order valence-corrected chi connectivity index (χ4v) is 1.29. The molecule has 0 aliphatic heterocycles. The zero-order valence-corrected chi connectivity index (χ0v) is 8.85. The summed E-state index contributed by atoms with van der Waals surface area (Å²) in [6.45, 7) is 2.00. The summed E-state index contributed by atoms with van der Waals surface area (Å²) in [5.41, 5.74) is 6.24. The number of benzene rings is 1. The van der Waals surface area contributed by atoms with Crippen LogP contribution in [0.2, 0.25) is 0 Å². The third-order valence-electron chi connectivity index (χ3n) is 1.99. The van der Waals surface area contributed by atoms with Crippen LogP contribution in [0.1, 0.15) is 31.4 Å². The molecule has 0 saturated heterocycles. The predicted molar refractivity (Wildman–Crippen MR) is 57.1 cm³/mol. The summed E-state index contributed by atoms with van der Waals surface area (Å²) in [5.74, 6) is -0.290. The lowest BCUT2D eigenvalue weighted by molar-refractivity contribution is 0.455. The highest BCUT2D eigenvalue weighted by Gasteiger charge is 2.10. The van der Waals surface area contributed by atoms with E-state index in [1.54, 1.807) is 0 Å². The normalized spacial score (nSPS) is 11.9. The average Bonchev–Trinajstić information content (AvgIpc) is 2.09. The quantitative estimate of drug-likeness (QED) is 0.821. The molecule has 2 nitrogen and oxygen atoms in total. The number of nitrogens with two attached hydrogens (primary N) is 1. The minimum absolute atomic E-state index is 0. The van der Waals surface area contributed by atoms with Gasteiger partial charge in [0.05, 0.1) is 0 Å². The number of phenols is 1. The van der Waals surface area contributed by atoms with Gasteiger partial charge in [-0.3, -0.25) is 0 Å². The van der Waals surface area contributed by atoms with Crippen molar-refractivity contribution in [3.63, 3.8) is 0 Å². The van der Waals surface area contributed by atoms with E-state index in [0.29, 0.717) is 5.56 Å². The summed E-state index contributed by atoms with van der Waals surface area (Å²) < 4.78 is 12.8. The molecule has 14 heavy (non-hydrogen) atoms. The van der Waals surface area contributed by atoms with Crippen LogP contribution in [-0.2, 0) is 0 Å². The maximum atomic E-state index is 12.8. The lowest BCUT2D eigenvalue weighted by Crippen LogP contribution is -2.10. The summed E-state index contributed by atoms with van der Waals surface area (Å²) in [6, 6.07) is 3.56. The Bertz CT molecular complexity index is 293. The summed E-state index contributed by atoms with van der Waals surface area (Å²) in [7, 11) is 0. The molecule has 1 aromatic carbocycles. The standard InChI is InChI=1S/C10H14FNO.ClH/c1-2-3-9(12)8-6-7(11)4-5-10(8)13;/h4-6,9,13H,2-3,12H2,1H3;1H/t9-;/m0./s1. The number of rotatable bonds is 3. The maximum absolute atomic E-state index is 12.8. The Morgan fingerprint density at radius 2 is 2.14 bits per heavy atom. The van der Waals surface area contributed by atoms with Crippen molar-refractivity contribution in [2.75, 3.05) is 0 Å². The summed E-state index contributed by atoms with van der Waals surface area (Å²) in [4.78, 5) is 0. The van der Waals surface area contributed by atoms with E-state index in [-0.39, 0.29) is 30.0 Å². The van der Waals surface area contributed by atoms with Gasteiger partial charge in [-0.2, -0.15) is 0 Å². The molecule has 1 atom stereocenters. The molecule has 0 fully saturated rings. The molecule has 80 valence electrons. The fourth-order valence-electron chi connectivity index (χ4n) is 1.29. The Kier molecular flexibility index (Phi) is 5.50. The van der Waals surface area contributed by atoms with Gasteiger partial charge in [-0.1, -0.05) is 13.3 Å². The molecule has 0 amide bonds. The van der Waals surface area contributed by atoms with Crippen molar-refractivity contribution in [1.29, 1.82) is 0 Å². The van der Waals surface area contributed by atoms with Crippen LogP contribution >= 0.6 is 12.4 Å². The molecule has 0 aromatic heterocycles. The van der Waals surface area contributed by atoms with Crippen LogP contribution in [-0.4, -0.2) is 5.11 Å². The van der Waals surface area contributed by atoms with E-state index in [1.165, 1.54) is 18.2 Å². The van der Waals surface area contributed by atoms with E-state index in [9.17, 15) is 9.50 Å². The topological polar surface area (TPSA) is 46.2 Å². The number of hydrogen-bond donors (Lipinski definition) is 2. The van der Waals surface area contributed by atoms with Gasteiger partial charge in [0.1, 0.15) is 11.6 Å². The minimum atomic E-state index is -0.362. The number of hydrogen-bond acceptors (Lipinski definition) is 2. The van der Waals surface area contributed by atoms with Crippen molar-refractivity contribution in [3.05, 3.63) is 29.6 Å². The number of aromatic hydroxyl groups is 1. The van der Waals surface area contributed by atoms with Crippen LogP contribution in [0.25, 0.3) is 0 Å². The molecule has 0 saturated carbocycles. The number of halogens is 2. The van der Waals surface area contributed by atoms with E-state index in [2.05, 4.69) is 0 Å². The van der Waals surface area contributed by atoms with E-state index < -0.39 is 0 Å². The van der Waals surface area contributed by atoms with Crippen LogP contribution in [0.3, 0.4) is 0 Å². The van der Waals surface area contributed by atoms with Gasteiger partial charge in [0.25, 0.3) is 0 Å². The maximum Gasteiger partial charge on any atom is 0.123 e. The lowest BCUT2D eigenvalue weighted by Gasteiger charge is -2.12.